The van der Waals surface area contributed by atoms with Gasteiger partial charge in [-0.15, -0.1) is 8.42 Å². The van der Waals surface area contributed by atoms with Gasteiger partial charge in [0.1, 0.15) is 29.9 Å². The largest absolute Gasteiger partial charge is 1.00 e. The molecule has 0 radical (unpaired) electrons. The first-order valence-corrected chi connectivity index (χ1v) is 38.5. The number of sulfonamides is 1. The number of hydrogen-bond donors (Lipinski definition) is 10. The van der Waals surface area contributed by atoms with Crippen LogP contribution in [0.4, 0.5) is 27.5 Å². The van der Waals surface area contributed by atoms with Gasteiger partial charge < -0.3 is 55.2 Å². The monoisotopic (exact) mass is 1550 g/mol. The lowest BCUT2D eigenvalue weighted by atomic mass is 10.0. The summed E-state index contributed by atoms with van der Waals surface area (Å²) in [6.07, 6.45) is 12.0. The van der Waals surface area contributed by atoms with Crippen LogP contribution in [0.25, 0.3) is 43.6 Å². The Morgan fingerprint density at radius 2 is 0.840 bits per heavy atom. The van der Waals surface area contributed by atoms with E-state index < -0.39 is 42.1 Å². The van der Waals surface area contributed by atoms with E-state index in [1.807, 2.05) is 108 Å². The molecule has 0 spiro atoms. The number of ether oxygens (including phenoxy) is 1. The Hall–Kier alpha value is -9.71. The van der Waals surface area contributed by atoms with E-state index in [2.05, 4.69) is 89.5 Å². The van der Waals surface area contributed by atoms with E-state index in [4.69, 9.17) is 43.9 Å². The summed E-state index contributed by atoms with van der Waals surface area (Å²) in [4.78, 5) is 30.5. The van der Waals surface area contributed by atoms with Gasteiger partial charge in [0, 0.05) is 111 Å². The molecular weight excluding hydrogens is 1450 g/mol. The molecule has 106 heavy (non-hydrogen) atoms. The molecule has 0 saturated heterocycles. The Morgan fingerprint density at radius 3 is 1.15 bits per heavy atom. The van der Waals surface area contributed by atoms with E-state index in [0.29, 0.717) is 66.3 Å². The number of nitrogens with two attached hydrogens (primary N) is 4. The smallest absolute Gasteiger partial charge is 0.474 e. The van der Waals surface area contributed by atoms with E-state index in [1.54, 1.807) is 51.5 Å². The highest BCUT2D eigenvalue weighted by Crippen LogP contribution is 2.32. The fourth-order valence-electron chi connectivity index (χ4n) is 9.51. The van der Waals surface area contributed by atoms with Crippen molar-refractivity contribution in [3.8, 4) is 24.3 Å². The fraction of sp³-hybridized carbons (Fsp3) is 0.370. The molecule has 0 bridgehead atoms. The van der Waals surface area contributed by atoms with Gasteiger partial charge in [0.25, 0.3) is 10.2 Å². The highest BCUT2D eigenvalue weighted by Gasteiger charge is 2.28. The van der Waals surface area contributed by atoms with Crippen LogP contribution >= 0.6 is 11.6 Å². The van der Waals surface area contributed by atoms with Crippen LogP contribution < -0.4 is 73.7 Å². The van der Waals surface area contributed by atoms with E-state index in [0.717, 1.165) is 137 Å². The molecule has 5 aromatic heterocycles. The third-order valence-electron chi connectivity index (χ3n) is 15.6. The number of halogens is 2. The van der Waals surface area contributed by atoms with E-state index in [9.17, 15) is 45.8 Å². The SMILES string of the molecule is CN(C)c1cc[n+](S(=O)(=O)NC(=O)OC(C)(C)C)cc1.Cc1cc2ncc(C#N)c(Cl)c2cc1C.Cc1cc2ncc(C#N)c(NCCCN)c2cc1C.Cc1cc2ncc(C#N)c(NCCCNS(C)(=O)=O)c2cc1C.Cc1cc2ncc(C#N)c(NCCCNS(N)(=O)=O)c2cc1C.NCCCN.[Cl-]. The van der Waals surface area contributed by atoms with Crippen molar-refractivity contribution in [2.75, 3.05) is 93.6 Å². The van der Waals surface area contributed by atoms with E-state index in [-0.39, 0.29) is 19.0 Å². The zero-order chi connectivity index (χ0) is 78.6. The van der Waals surface area contributed by atoms with Crippen molar-refractivity contribution in [3.05, 3.63) is 170 Å². The molecule has 0 aliphatic heterocycles. The summed E-state index contributed by atoms with van der Waals surface area (Å²) < 4.78 is 79.9. The number of fused-ring (bicyclic) bond motifs is 4. The number of nitrogens with zero attached hydrogens (tertiary/aromatic N) is 10. The first-order valence-electron chi connectivity index (χ1n) is 33.2. The predicted octanol–water partition coefficient (Wildman–Crippen LogP) is 6.21. The molecule has 4 aromatic carbocycles. The van der Waals surface area contributed by atoms with Gasteiger partial charge in [-0.05, 0) is 215 Å². The molecule has 28 nitrogen and oxygen atoms in total. The normalized spacial score (nSPS) is 10.9. The molecule has 0 atom stereocenters. The van der Waals surface area contributed by atoms with Crippen molar-refractivity contribution in [2.24, 2.45) is 22.3 Å². The minimum Gasteiger partial charge on any atom is -1.00 e. The third-order valence-corrected chi connectivity index (χ3v) is 18.6. The quantitative estimate of drug-likeness (QED) is 0.0282. The third kappa shape index (κ3) is 28.6. The number of anilines is 4. The van der Waals surface area contributed by atoms with Gasteiger partial charge in [0.05, 0.1) is 72.7 Å². The number of nitrogens with one attached hydrogen (secondary N) is 6. The molecule has 9 aromatic rings. The Balaban J connectivity index is 0.000000339. The summed E-state index contributed by atoms with van der Waals surface area (Å²) in [6.45, 7) is 25.7. The van der Waals surface area contributed by atoms with Gasteiger partial charge in [-0.2, -0.15) is 34.2 Å². The maximum Gasteiger partial charge on any atom is 0.474 e. The first kappa shape index (κ1) is 90.5. The van der Waals surface area contributed by atoms with Gasteiger partial charge in [-0.25, -0.2) is 27.8 Å². The van der Waals surface area contributed by atoms with Crippen molar-refractivity contribution in [1.29, 1.82) is 21.0 Å². The minimum absolute atomic E-state index is 0. The topological polar surface area (TPSA) is 459 Å². The molecule has 1 amide bonds. The predicted molar refractivity (Wildman–Crippen MR) is 418 cm³/mol. The number of aryl methyl sites for hydroxylation is 8. The van der Waals surface area contributed by atoms with E-state index >= 15 is 0 Å². The van der Waals surface area contributed by atoms with Crippen molar-refractivity contribution in [2.45, 2.75) is 107 Å². The van der Waals surface area contributed by atoms with Crippen molar-refractivity contribution >= 4 is 114 Å². The van der Waals surface area contributed by atoms with Gasteiger partial charge in [-0.1, -0.05) is 15.6 Å². The molecule has 9 rings (SSSR count). The lowest BCUT2D eigenvalue weighted by molar-refractivity contribution is -0.512. The Labute approximate surface area is 634 Å². The average Bonchev–Trinajstić information content (AvgIpc) is 0.759. The lowest BCUT2D eigenvalue weighted by Gasteiger charge is -2.18. The zero-order valence-corrected chi connectivity index (χ0v) is 66.2. The number of benzene rings is 4. The van der Waals surface area contributed by atoms with Crippen LogP contribution in [0.15, 0.2) is 97.8 Å². The number of hydrogen-bond acceptors (Lipinski definition) is 23. The molecule has 14 N–H and O–H groups in total. The average molecular weight is 1550 g/mol. The van der Waals surface area contributed by atoms with Crippen LogP contribution in [0.1, 0.15) is 113 Å². The fourth-order valence-corrected chi connectivity index (χ4v) is 11.5. The molecule has 0 saturated carbocycles. The zero-order valence-electron chi connectivity index (χ0n) is 62.3. The Morgan fingerprint density at radius 1 is 0.519 bits per heavy atom. The number of aromatic nitrogens is 5. The molecule has 0 fully saturated rings. The van der Waals surface area contributed by atoms with Crippen molar-refractivity contribution in [3.63, 3.8) is 0 Å². The highest BCUT2D eigenvalue weighted by molar-refractivity contribution is 7.88. The molecule has 568 valence electrons. The van der Waals surface area contributed by atoms with E-state index in [1.165, 1.54) is 35.3 Å². The number of pyridine rings is 5. The molecule has 0 aliphatic carbocycles. The maximum atomic E-state index is 11.9. The Bertz CT molecular complexity index is 4910. The van der Waals surface area contributed by atoms with Crippen LogP contribution in [0.5, 0.6) is 0 Å². The number of carbonyl (C=O) groups excluding carboxylic acids is 1. The summed E-state index contributed by atoms with van der Waals surface area (Å²) in [5.74, 6) is 0. The highest BCUT2D eigenvalue weighted by atomic mass is 35.5. The van der Waals surface area contributed by atoms with Crippen LogP contribution in [0.2, 0.25) is 5.02 Å². The van der Waals surface area contributed by atoms with Crippen molar-refractivity contribution < 1.29 is 51.2 Å². The van der Waals surface area contributed by atoms with Crippen LogP contribution in [0, 0.1) is 101 Å². The summed E-state index contributed by atoms with van der Waals surface area (Å²) in [5, 5.41) is 55.3. The number of amides is 1. The van der Waals surface area contributed by atoms with Crippen molar-refractivity contribution in [1.82, 2.24) is 34.1 Å². The molecule has 0 aliphatic rings. The first-order chi connectivity index (χ1) is 49.4. The minimum atomic E-state index is -4.00. The molecule has 33 heteroatoms. The summed E-state index contributed by atoms with van der Waals surface area (Å²) >= 11 is 6.10. The molecule has 0 unspecified atom stereocenters. The second-order valence-corrected chi connectivity index (χ2v) is 30.6. The van der Waals surface area contributed by atoms with Crippen LogP contribution in [-0.4, -0.2) is 130 Å². The number of nitriles is 4. The second-order valence-electron chi connectivity index (χ2n) is 25.4. The maximum absolute atomic E-state index is 11.9. The summed E-state index contributed by atoms with van der Waals surface area (Å²) in [6, 6.07) is 27.9. The van der Waals surface area contributed by atoms with Crippen LogP contribution in [0.3, 0.4) is 0 Å². The van der Waals surface area contributed by atoms with Gasteiger partial charge in [0.15, 0.2) is 12.4 Å². The standard InChI is InChI=1S/C16H20N4O2S.C15H19N5O2S.C15H18N4.C12H9ClN2.C12H19N3O4S.C3H10N2.ClH/c1-11-7-14-15(8-12(11)2)19-10-13(9-17)16(14)18-5-4-6-20-23(3,21)22;1-10-6-13-14(7-11(10)2)19-9-12(8-16)15(13)18-4-3-5-20-23(17,21)22;1-10-6-13-14(7-11(10)2)19-9-12(8-17)15(13)18-5-3-4-16;1-7-3-10-11(4-8(7)2)15-6-9(5-14)12(10)13;1-12(2,3)19-11(16)13-20(17,18)15-8-6-10(7-9-15)14(4)5;4-2-1-3-5;/h7-8,10,20H,4-6H2,1-3H3,(H,18,19);6-7,9,20H,3-5H2,1-2H3,(H,18,19)(H2,17,21,22);6-7,9H,3-5,16H2,1-2H3,(H,18,19);3-4,6H,1-2H3;6-9H,1-5H3;1-5H2;1H. The summed E-state index contributed by atoms with van der Waals surface area (Å²) in [7, 11) is -7.15. The molecule has 5 heterocycles. The number of rotatable bonds is 21. The molecular formula is C73H96Cl2N20O8S3. The van der Waals surface area contributed by atoms with Gasteiger partial charge in [-0.3, -0.25) is 19.9 Å². The summed E-state index contributed by atoms with van der Waals surface area (Å²) in [5.41, 5.74) is 32.7. The lowest BCUT2D eigenvalue weighted by Crippen LogP contribution is -3.00. The van der Waals surface area contributed by atoms with Gasteiger partial charge >= 0.3 is 16.3 Å². The Kier molecular flexibility index (Phi) is 36.2. The van der Waals surface area contributed by atoms with Gasteiger partial charge in [0.2, 0.25) is 10.0 Å². The van der Waals surface area contributed by atoms with Crippen LogP contribution in [-0.2, 0) is 35.2 Å². The second kappa shape index (κ2) is 42.4. The number of carbonyl (C=O) groups is 1.